The maximum absolute atomic E-state index is 10.4. The number of hydrogen-bond acceptors (Lipinski definition) is 3. The number of halogens is 1. The highest BCUT2D eigenvalue weighted by Gasteiger charge is 2.16. The minimum atomic E-state index is -0.806. The lowest BCUT2D eigenvalue weighted by atomic mass is 10.1. The highest BCUT2D eigenvalue weighted by molar-refractivity contribution is 9.10. The number of aryl methyl sites for hydroxylation is 1. The predicted molar refractivity (Wildman–Crippen MR) is 56.2 cm³/mol. The van der Waals surface area contributed by atoms with Crippen LogP contribution in [0.2, 0.25) is 0 Å². The van der Waals surface area contributed by atoms with E-state index in [0.717, 1.165) is 10.0 Å². The van der Waals surface area contributed by atoms with Crippen molar-refractivity contribution >= 4 is 21.9 Å². The van der Waals surface area contributed by atoms with Crippen LogP contribution in [-0.2, 0) is 11.2 Å². The number of carbonyl (C=O) groups is 1. The van der Waals surface area contributed by atoms with Crippen LogP contribution in [0.4, 0.5) is 0 Å². The van der Waals surface area contributed by atoms with Crippen LogP contribution in [-0.4, -0.2) is 17.9 Å². The lowest BCUT2D eigenvalue weighted by Gasteiger charge is -2.04. The molecular weight excluding hydrogens is 264 g/mol. The molecule has 0 radical (unpaired) electrons. The average Bonchev–Trinajstić information content (AvgIpc) is 2.60. The molecule has 1 aromatic carbocycles. The Morgan fingerprint density at radius 2 is 2.07 bits per heavy atom. The van der Waals surface area contributed by atoms with Gasteiger partial charge in [0.15, 0.2) is 11.5 Å². The maximum atomic E-state index is 10.4. The average molecular weight is 273 g/mol. The van der Waals surface area contributed by atoms with Gasteiger partial charge in [0, 0.05) is 10.9 Å². The monoisotopic (exact) mass is 272 g/mol. The molecule has 1 heterocycles. The third kappa shape index (κ3) is 2.23. The van der Waals surface area contributed by atoms with Crippen LogP contribution in [0.25, 0.3) is 0 Å². The van der Waals surface area contributed by atoms with E-state index in [1.807, 2.05) is 6.07 Å². The van der Waals surface area contributed by atoms with Crippen molar-refractivity contribution in [3.63, 3.8) is 0 Å². The molecule has 0 aromatic heterocycles. The molecule has 5 heteroatoms. The molecule has 0 aliphatic carbocycles. The van der Waals surface area contributed by atoms with Gasteiger partial charge >= 0.3 is 5.97 Å². The smallest absolute Gasteiger partial charge is 0.303 e. The molecule has 0 unspecified atom stereocenters. The second kappa shape index (κ2) is 4.10. The largest absolute Gasteiger partial charge is 0.481 e. The van der Waals surface area contributed by atoms with Crippen LogP contribution in [0, 0.1) is 0 Å². The standard InChI is InChI=1S/C10H9BrO4/c11-7-4-9-8(14-5-15-9)3-6(7)1-2-10(12)13/h3-4H,1-2,5H2,(H,12,13). The second-order valence-electron chi connectivity index (χ2n) is 3.19. The van der Waals surface area contributed by atoms with Gasteiger partial charge in [0.05, 0.1) is 0 Å². The lowest BCUT2D eigenvalue weighted by Crippen LogP contribution is -1.98. The first-order chi connectivity index (χ1) is 7.16. The normalized spacial score (nSPS) is 12.9. The van der Waals surface area contributed by atoms with Crippen LogP contribution in [0.5, 0.6) is 11.5 Å². The zero-order chi connectivity index (χ0) is 10.8. The summed E-state index contributed by atoms with van der Waals surface area (Å²) in [5, 5.41) is 8.59. The summed E-state index contributed by atoms with van der Waals surface area (Å²) in [4.78, 5) is 10.4. The first-order valence-corrected chi connectivity index (χ1v) is 5.26. The third-order valence-corrected chi connectivity index (χ3v) is 2.89. The van der Waals surface area contributed by atoms with Crippen molar-refractivity contribution < 1.29 is 19.4 Å². The molecule has 4 nitrogen and oxygen atoms in total. The van der Waals surface area contributed by atoms with Crippen molar-refractivity contribution in [2.45, 2.75) is 12.8 Å². The number of carboxylic acid groups (broad SMARTS) is 1. The lowest BCUT2D eigenvalue weighted by molar-refractivity contribution is -0.136. The molecule has 1 N–H and O–H groups in total. The van der Waals surface area contributed by atoms with Gasteiger partial charge < -0.3 is 14.6 Å². The summed E-state index contributed by atoms with van der Waals surface area (Å²) in [5.74, 6) is 0.569. The van der Waals surface area contributed by atoms with E-state index in [0.29, 0.717) is 17.9 Å². The van der Waals surface area contributed by atoms with Gasteiger partial charge in [-0.25, -0.2) is 0 Å². The number of fused-ring (bicyclic) bond motifs is 1. The fourth-order valence-electron chi connectivity index (χ4n) is 1.39. The zero-order valence-corrected chi connectivity index (χ0v) is 9.41. The Balaban J connectivity index is 2.21. The molecule has 15 heavy (non-hydrogen) atoms. The molecule has 0 amide bonds. The highest BCUT2D eigenvalue weighted by atomic mass is 79.9. The Kier molecular flexibility index (Phi) is 2.81. The molecule has 0 bridgehead atoms. The summed E-state index contributed by atoms with van der Waals surface area (Å²) in [6, 6.07) is 3.62. The van der Waals surface area contributed by atoms with Crippen LogP contribution in [0.15, 0.2) is 16.6 Å². The van der Waals surface area contributed by atoms with Gasteiger partial charge in [-0.2, -0.15) is 0 Å². The summed E-state index contributed by atoms with van der Waals surface area (Å²) in [6.07, 6.45) is 0.588. The number of benzene rings is 1. The summed E-state index contributed by atoms with van der Waals surface area (Å²) < 4.78 is 11.3. The fourth-order valence-corrected chi connectivity index (χ4v) is 1.91. The molecule has 1 aliphatic rings. The Morgan fingerprint density at radius 3 is 2.73 bits per heavy atom. The number of hydrogen-bond donors (Lipinski definition) is 1. The van der Waals surface area contributed by atoms with E-state index < -0.39 is 5.97 Å². The van der Waals surface area contributed by atoms with Crippen LogP contribution >= 0.6 is 15.9 Å². The highest BCUT2D eigenvalue weighted by Crippen LogP contribution is 2.37. The van der Waals surface area contributed by atoms with E-state index in [2.05, 4.69) is 15.9 Å². The number of ether oxygens (including phenoxy) is 2. The van der Waals surface area contributed by atoms with Gasteiger partial charge in [-0.1, -0.05) is 15.9 Å². The van der Waals surface area contributed by atoms with Crippen molar-refractivity contribution in [3.8, 4) is 11.5 Å². The van der Waals surface area contributed by atoms with Gasteiger partial charge in [0.1, 0.15) is 0 Å². The van der Waals surface area contributed by atoms with E-state index >= 15 is 0 Å². The fraction of sp³-hybridized carbons (Fsp3) is 0.300. The van der Waals surface area contributed by atoms with Crippen LogP contribution in [0.3, 0.4) is 0 Å². The van der Waals surface area contributed by atoms with E-state index in [1.54, 1.807) is 6.07 Å². The molecule has 1 aromatic rings. The Hall–Kier alpha value is -1.23. The molecule has 0 spiro atoms. The van der Waals surface area contributed by atoms with E-state index in [1.165, 1.54) is 0 Å². The predicted octanol–water partition coefficient (Wildman–Crippen LogP) is 2.20. The zero-order valence-electron chi connectivity index (χ0n) is 7.83. The van der Waals surface area contributed by atoms with Crippen LogP contribution < -0.4 is 9.47 Å². The van der Waals surface area contributed by atoms with Crippen molar-refractivity contribution in [2.75, 3.05) is 6.79 Å². The molecule has 2 rings (SSSR count). The topological polar surface area (TPSA) is 55.8 Å². The Bertz CT molecular complexity index is 403. The third-order valence-electron chi connectivity index (χ3n) is 2.15. The first kappa shape index (κ1) is 10.3. The molecule has 0 atom stereocenters. The van der Waals surface area contributed by atoms with E-state index in [-0.39, 0.29) is 13.2 Å². The van der Waals surface area contributed by atoms with Gasteiger partial charge in [-0.3, -0.25) is 4.79 Å². The van der Waals surface area contributed by atoms with Gasteiger partial charge in [0.2, 0.25) is 6.79 Å². The summed E-state index contributed by atoms with van der Waals surface area (Å²) in [5.41, 5.74) is 0.918. The maximum Gasteiger partial charge on any atom is 0.303 e. The molecule has 80 valence electrons. The van der Waals surface area contributed by atoms with Gasteiger partial charge in [-0.05, 0) is 24.1 Å². The molecule has 0 saturated carbocycles. The van der Waals surface area contributed by atoms with Crippen molar-refractivity contribution in [1.29, 1.82) is 0 Å². The van der Waals surface area contributed by atoms with E-state index in [4.69, 9.17) is 14.6 Å². The summed E-state index contributed by atoms with van der Waals surface area (Å²) >= 11 is 3.37. The number of carboxylic acids is 1. The second-order valence-corrected chi connectivity index (χ2v) is 4.04. The van der Waals surface area contributed by atoms with Gasteiger partial charge in [-0.15, -0.1) is 0 Å². The van der Waals surface area contributed by atoms with Gasteiger partial charge in [0.25, 0.3) is 0 Å². The number of aliphatic carboxylic acids is 1. The molecule has 1 aliphatic heterocycles. The molecular formula is C10H9BrO4. The quantitative estimate of drug-likeness (QED) is 0.917. The number of rotatable bonds is 3. The summed E-state index contributed by atoms with van der Waals surface area (Å²) in [6.45, 7) is 0.226. The Labute approximate surface area is 94.9 Å². The van der Waals surface area contributed by atoms with E-state index in [9.17, 15) is 4.79 Å². The minimum absolute atomic E-state index is 0.109. The first-order valence-electron chi connectivity index (χ1n) is 4.46. The molecule has 0 fully saturated rings. The Morgan fingerprint density at radius 1 is 1.40 bits per heavy atom. The molecule has 0 saturated heterocycles. The van der Waals surface area contributed by atoms with Crippen molar-refractivity contribution in [2.24, 2.45) is 0 Å². The minimum Gasteiger partial charge on any atom is -0.481 e. The SMILES string of the molecule is O=C(O)CCc1cc2c(cc1Br)OCO2. The summed E-state index contributed by atoms with van der Waals surface area (Å²) in [7, 11) is 0. The van der Waals surface area contributed by atoms with Crippen molar-refractivity contribution in [1.82, 2.24) is 0 Å². The van der Waals surface area contributed by atoms with Crippen LogP contribution in [0.1, 0.15) is 12.0 Å². The van der Waals surface area contributed by atoms with Crippen molar-refractivity contribution in [3.05, 3.63) is 22.2 Å².